The van der Waals surface area contributed by atoms with Crippen molar-refractivity contribution in [2.45, 2.75) is 57.7 Å². The Labute approximate surface area is 146 Å². The number of hydrogen-bond acceptors (Lipinski definition) is 5. The van der Waals surface area contributed by atoms with E-state index < -0.39 is 0 Å². The summed E-state index contributed by atoms with van der Waals surface area (Å²) in [4.78, 5) is 12.2. The molecule has 1 N–H and O–H groups in total. The first-order chi connectivity index (χ1) is 11.6. The molecule has 1 aliphatic rings. The molecular formula is C17H24N4O2S. The largest absolute Gasteiger partial charge is 0.361 e. The Kier molecular flexibility index (Phi) is 5.60. The average molecular weight is 348 g/mol. The maximum Gasteiger partial charge on any atom is 0.235 e. The molecular weight excluding hydrogens is 324 g/mol. The zero-order valence-corrected chi connectivity index (χ0v) is 15.1. The number of anilines is 1. The van der Waals surface area contributed by atoms with Crippen LogP contribution in [0, 0.1) is 13.8 Å². The number of rotatable bonds is 6. The van der Waals surface area contributed by atoms with Gasteiger partial charge in [-0.25, -0.2) is 4.68 Å². The molecule has 1 amide bonds. The summed E-state index contributed by atoms with van der Waals surface area (Å²) in [6.07, 6.45) is 7.84. The highest BCUT2D eigenvalue weighted by Crippen LogP contribution is 2.30. The molecule has 2 aromatic rings. The summed E-state index contributed by atoms with van der Waals surface area (Å²) in [5, 5.41) is 11.3. The summed E-state index contributed by atoms with van der Waals surface area (Å²) in [7, 11) is 0. The molecule has 130 valence electrons. The lowest BCUT2D eigenvalue weighted by Crippen LogP contribution is -2.21. The molecule has 0 bridgehead atoms. The predicted octanol–water partition coefficient (Wildman–Crippen LogP) is 3.87. The van der Waals surface area contributed by atoms with Gasteiger partial charge < -0.3 is 9.84 Å². The molecule has 0 unspecified atom stereocenters. The molecule has 1 saturated carbocycles. The Balaban J connectivity index is 1.51. The summed E-state index contributed by atoms with van der Waals surface area (Å²) in [5.41, 5.74) is 1.98. The van der Waals surface area contributed by atoms with Crippen molar-refractivity contribution in [3.63, 3.8) is 0 Å². The van der Waals surface area contributed by atoms with E-state index in [0.717, 1.165) is 41.4 Å². The molecule has 3 rings (SSSR count). The van der Waals surface area contributed by atoms with E-state index in [2.05, 4.69) is 15.6 Å². The van der Waals surface area contributed by atoms with Gasteiger partial charge in [-0.3, -0.25) is 4.79 Å². The van der Waals surface area contributed by atoms with Crippen molar-refractivity contribution in [3.05, 3.63) is 29.3 Å². The van der Waals surface area contributed by atoms with Gasteiger partial charge in [-0.2, -0.15) is 5.10 Å². The molecule has 0 saturated heterocycles. The number of aryl methyl sites for hydroxylation is 2. The van der Waals surface area contributed by atoms with Crippen molar-refractivity contribution in [1.29, 1.82) is 0 Å². The molecule has 0 atom stereocenters. The van der Waals surface area contributed by atoms with Crippen LogP contribution in [0.5, 0.6) is 0 Å². The molecule has 1 aliphatic carbocycles. The third-order valence-electron chi connectivity index (χ3n) is 4.52. The third kappa shape index (κ3) is 4.01. The van der Waals surface area contributed by atoms with Crippen LogP contribution >= 0.6 is 11.8 Å². The smallest absolute Gasteiger partial charge is 0.235 e. The predicted molar refractivity (Wildman–Crippen MR) is 95.1 cm³/mol. The van der Waals surface area contributed by atoms with E-state index in [1.54, 1.807) is 18.0 Å². The van der Waals surface area contributed by atoms with Gasteiger partial charge in [0.25, 0.3) is 0 Å². The number of thioether (sulfide) groups is 1. The van der Waals surface area contributed by atoms with Crippen molar-refractivity contribution < 1.29 is 9.32 Å². The highest BCUT2D eigenvalue weighted by molar-refractivity contribution is 7.99. The fraction of sp³-hybridized carbons (Fsp3) is 0.588. The quantitative estimate of drug-likeness (QED) is 0.858. The Bertz CT molecular complexity index is 669. The number of nitrogens with zero attached hydrogens (tertiary/aromatic N) is 3. The molecule has 0 spiro atoms. The molecule has 1 fully saturated rings. The number of hydrogen-bond donors (Lipinski definition) is 1. The zero-order chi connectivity index (χ0) is 16.9. The van der Waals surface area contributed by atoms with Crippen LogP contribution < -0.4 is 5.32 Å². The van der Waals surface area contributed by atoms with Gasteiger partial charge in [-0.1, -0.05) is 24.4 Å². The van der Waals surface area contributed by atoms with Crippen LogP contribution in [0.15, 0.2) is 16.8 Å². The molecule has 0 aromatic carbocycles. The lowest BCUT2D eigenvalue weighted by molar-refractivity contribution is -0.113. The van der Waals surface area contributed by atoms with Gasteiger partial charge in [0.05, 0.1) is 23.7 Å². The van der Waals surface area contributed by atoms with Gasteiger partial charge in [0, 0.05) is 17.4 Å². The van der Waals surface area contributed by atoms with E-state index in [4.69, 9.17) is 4.52 Å². The maximum atomic E-state index is 12.2. The number of aromatic nitrogens is 3. The van der Waals surface area contributed by atoms with Crippen molar-refractivity contribution in [2.75, 3.05) is 11.1 Å². The topological polar surface area (TPSA) is 73.0 Å². The number of carbonyl (C=O) groups excluding carboxylic acids is 1. The van der Waals surface area contributed by atoms with Gasteiger partial charge in [-0.15, -0.1) is 11.8 Å². The van der Waals surface area contributed by atoms with E-state index in [-0.39, 0.29) is 5.91 Å². The molecule has 0 aliphatic heterocycles. The zero-order valence-electron chi connectivity index (χ0n) is 14.2. The van der Waals surface area contributed by atoms with Crippen molar-refractivity contribution >= 4 is 23.5 Å². The summed E-state index contributed by atoms with van der Waals surface area (Å²) in [5.74, 6) is 2.78. The standard InChI is InChI=1S/C17H24N4O2S/c1-12-15(13(2)23-20-12)10-24-11-17(22)19-16-8-9-18-21(16)14-6-4-3-5-7-14/h8-9,14H,3-7,10-11H2,1-2H3,(H,19,22). The highest BCUT2D eigenvalue weighted by atomic mass is 32.2. The second-order valence-electron chi connectivity index (χ2n) is 6.30. The van der Waals surface area contributed by atoms with Crippen LogP contribution in [-0.2, 0) is 10.5 Å². The summed E-state index contributed by atoms with van der Waals surface area (Å²) in [6, 6.07) is 2.30. The van der Waals surface area contributed by atoms with E-state index >= 15 is 0 Å². The monoisotopic (exact) mass is 348 g/mol. The number of nitrogens with one attached hydrogen (secondary N) is 1. The van der Waals surface area contributed by atoms with E-state index in [1.807, 2.05) is 24.6 Å². The minimum Gasteiger partial charge on any atom is -0.361 e. The Hall–Kier alpha value is -1.76. The molecule has 2 heterocycles. The number of amides is 1. The third-order valence-corrected chi connectivity index (χ3v) is 5.48. The fourth-order valence-electron chi connectivity index (χ4n) is 3.16. The SMILES string of the molecule is Cc1noc(C)c1CSCC(=O)Nc1ccnn1C1CCCCC1. The average Bonchev–Trinajstić information content (AvgIpc) is 3.17. The molecule has 0 radical (unpaired) electrons. The van der Waals surface area contributed by atoms with Crippen molar-refractivity contribution in [2.24, 2.45) is 0 Å². The normalized spacial score (nSPS) is 15.6. The minimum atomic E-state index is 0.00400. The van der Waals surface area contributed by atoms with Gasteiger partial charge in [0.15, 0.2) is 0 Å². The lowest BCUT2D eigenvalue weighted by Gasteiger charge is -2.23. The van der Waals surface area contributed by atoms with Crippen LogP contribution in [-0.4, -0.2) is 26.6 Å². The van der Waals surface area contributed by atoms with E-state index in [0.29, 0.717) is 11.8 Å². The fourth-order valence-corrected chi connectivity index (χ4v) is 4.14. The Morgan fingerprint density at radius 2 is 2.17 bits per heavy atom. The first kappa shape index (κ1) is 17.1. The van der Waals surface area contributed by atoms with Crippen LogP contribution in [0.3, 0.4) is 0 Å². The van der Waals surface area contributed by atoms with Crippen LogP contribution in [0.4, 0.5) is 5.82 Å². The van der Waals surface area contributed by atoms with Crippen molar-refractivity contribution in [1.82, 2.24) is 14.9 Å². The van der Waals surface area contributed by atoms with Crippen LogP contribution in [0.1, 0.15) is 55.2 Å². The molecule has 24 heavy (non-hydrogen) atoms. The summed E-state index contributed by atoms with van der Waals surface area (Å²) < 4.78 is 7.13. The maximum absolute atomic E-state index is 12.2. The molecule has 6 nitrogen and oxygen atoms in total. The van der Waals surface area contributed by atoms with Gasteiger partial charge in [0.1, 0.15) is 11.6 Å². The van der Waals surface area contributed by atoms with E-state index in [1.165, 1.54) is 19.3 Å². The van der Waals surface area contributed by atoms with Crippen molar-refractivity contribution in [3.8, 4) is 0 Å². The Morgan fingerprint density at radius 3 is 2.88 bits per heavy atom. The van der Waals surface area contributed by atoms with Gasteiger partial charge in [0.2, 0.25) is 5.91 Å². The second-order valence-corrected chi connectivity index (χ2v) is 7.28. The molecule has 2 aromatic heterocycles. The minimum absolute atomic E-state index is 0.00400. The summed E-state index contributed by atoms with van der Waals surface area (Å²) in [6.45, 7) is 3.83. The second kappa shape index (κ2) is 7.88. The number of carbonyl (C=O) groups is 1. The first-order valence-electron chi connectivity index (χ1n) is 8.48. The first-order valence-corrected chi connectivity index (χ1v) is 9.63. The van der Waals surface area contributed by atoms with Gasteiger partial charge in [-0.05, 0) is 26.7 Å². The lowest BCUT2D eigenvalue weighted by atomic mass is 9.96. The van der Waals surface area contributed by atoms with Gasteiger partial charge >= 0.3 is 0 Å². The van der Waals surface area contributed by atoms with Crippen LogP contribution in [0.25, 0.3) is 0 Å². The Morgan fingerprint density at radius 1 is 1.38 bits per heavy atom. The highest BCUT2D eigenvalue weighted by Gasteiger charge is 2.19. The molecule has 7 heteroatoms. The van der Waals surface area contributed by atoms with Crippen LogP contribution in [0.2, 0.25) is 0 Å². The van der Waals surface area contributed by atoms with E-state index in [9.17, 15) is 4.79 Å². The summed E-state index contributed by atoms with van der Waals surface area (Å²) >= 11 is 1.57.